The minimum absolute atomic E-state index is 0.173. The number of halogens is 1. The molecule has 98 valence electrons. The van der Waals surface area contributed by atoms with Crippen molar-refractivity contribution in [2.24, 2.45) is 0 Å². The molecule has 1 rings (SSSR count). The Morgan fingerprint density at radius 1 is 1.41 bits per heavy atom. The van der Waals surface area contributed by atoms with Crippen LogP contribution in [0.3, 0.4) is 0 Å². The lowest BCUT2D eigenvalue weighted by molar-refractivity contribution is 0.576. The summed E-state index contributed by atoms with van der Waals surface area (Å²) in [4.78, 5) is 1.01. The van der Waals surface area contributed by atoms with Gasteiger partial charge in [-0.05, 0) is 47.6 Å². The zero-order chi connectivity index (χ0) is 12.7. The Balaban J connectivity index is 2.29. The standard InChI is InChI=1S/C10H17BrN2O2S2/c1-2-12-6-3-7-17(14,15)13-8-9-4-5-10(11)16-9/h4-5,12-13H,2-3,6-8H2,1H3. The van der Waals surface area contributed by atoms with Crippen molar-refractivity contribution in [2.75, 3.05) is 18.8 Å². The highest BCUT2D eigenvalue weighted by molar-refractivity contribution is 9.11. The Labute approximate surface area is 115 Å². The van der Waals surface area contributed by atoms with E-state index in [1.807, 2.05) is 19.1 Å². The summed E-state index contributed by atoms with van der Waals surface area (Å²) in [7, 11) is -3.15. The van der Waals surface area contributed by atoms with E-state index in [0.717, 1.165) is 21.8 Å². The molecule has 0 saturated carbocycles. The molecule has 4 nitrogen and oxygen atoms in total. The van der Waals surface area contributed by atoms with E-state index in [9.17, 15) is 8.42 Å². The van der Waals surface area contributed by atoms with Gasteiger partial charge in [0.25, 0.3) is 0 Å². The summed E-state index contributed by atoms with van der Waals surface area (Å²) in [5.74, 6) is 0.173. The van der Waals surface area contributed by atoms with E-state index in [1.54, 1.807) is 0 Å². The second-order valence-corrected chi connectivity index (χ2v) is 8.03. The number of sulfonamides is 1. The van der Waals surface area contributed by atoms with E-state index in [0.29, 0.717) is 13.0 Å². The van der Waals surface area contributed by atoms with E-state index in [1.165, 1.54) is 11.3 Å². The van der Waals surface area contributed by atoms with Gasteiger partial charge in [0.2, 0.25) is 10.0 Å². The van der Waals surface area contributed by atoms with Crippen molar-refractivity contribution < 1.29 is 8.42 Å². The molecule has 1 aromatic heterocycles. The van der Waals surface area contributed by atoms with Crippen molar-refractivity contribution in [3.8, 4) is 0 Å². The van der Waals surface area contributed by atoms with Gasteiger partial charge in [-0.15, -0.1) is 11.3 Å². The summed E-state index contributed by atoms with van der Waals surface area (Å²) >= 11 is 4.88. The molecule has 0 bridgehead atoms. The maximum Gasteiger partial charge on any atom is 0.211 e. The van der Waals surface area contributed by atoms with Gasteiger partial charge in [-0.2, -0.15) is 0 Å². The third kappa shape index (κ3) is 6.52. The molecule has 0 aliphatic carbocycles. The van der Waals surface area contributed by atoms with Crippen LogP contribution in [-0.4, -0.2) is 27.3 Å². The molecule has 0 radical (unpaired) electrons. The van der Waals surface area contributed by atoms with Gasteiger partial charge < -0.3 is 5.32 Å². The largest absolute Gasteiger partial charge is 0.317 e. The van der Waals surface area contributed by atoms with Crippen LogP contribution in [0.25, 0.3) is 0 Å². The Morgan fingerprint density at radius 3 is 2.76 bits per heavy atom. The highest BCUT2D eigenvalue weighted by atomic mass is 79.9. The number of nitrogens with one attached hydrogen (secondary N) is 2. The number of hydrogen-bond donors (Lipinski definition) is 2. The van der Waals surface area contributed by atoms with Gasteiger partial charge in [-0.1, -0.05) is 6.92 Å². The zero-order valence-electron chi connectivity index (χ0n) is 9.70. The van der Waals surface area contributed by atoms with Crippen LogP contribution in [0.5, 0.6) is 0 Å². The Hall–Kier alpha value is 0.0500. The molecule has 0 unspecified atom stereocenters. The molecule has 0 spiro atoms. The first-order valence-electron chi connectivity index (χ1n) is 5.46. The smallest absolute Gasteiger partial charge is 0.211 e. The van der Waals surface area contributed by atoms with Crippen LogP contribution < -0.4 is 10.0 Å². The molecular weight excluding hydrogens is 324 g/mol. The van der Waals surface area contributed by atoms with Gasteiger partial charge in [0.15, 0.2) is 0 Å². The van der Waals surface area contributed by atoms with Gasteiger partial charge in [0, 0.05) is 11.4 Å². The molecular formula is C10H17BrN2O2S2. The summed E-state index contributed by atoms with van der Waals surface area (Å²) in [6.07, 6.45) is 0.636. The maximum absolute atomic E-state index is 11.6. The monoisotopic (exact) mass is 340 g/mol. The minimum atomic E-state index is -3.15. The second-order valence-electron chi connectivity index (χ2n) is 3.55. The van der Waals surface area contributed by atoms with Crippen LogP contribution in [0.1, 0.15) is 18.2 Å². The Kier molecular flexibility index (Phi) is 6.65. The van der Waals surface area contributed by atoms with Gasteiger partial charge in [0.05, 0.1) is 9.54 Å². The number of rotatable bonds is 8. The molecule has 0 saturated heterocycles. The fourth-order valence-electron chi connectivity index (χ4n) is 1.26. The topological polar surface area (TPSA) is 58.2 Å². The molecule has 0 aliphatic heterocycles. The van der Waals surface area contributed by atoms with Crippen molar-refractivity contribution in [2.45, 2.75) is 19.9 Å². The molecule has 1 heterocycles. The zero-order valence-corrected chi connectivity index (χ0v) is 12.9. The van der Waals surface area contributed by atoms with Crippen LogP contribution >= 0.6 is 27.3 Å². The molecule has 0 amide bonds. The van der Waals surface area contributed by atoms with E-state index < -0.39 is 10.0 Å². The van der Waals surface area contributed by atoms with Crippen LogP contribution in [0.4, 0.5) is 0 Å². The lowest BCUT2D eigenvalue weighted by atomic mass is 10.5. The lowest BCUT2D eigenvalue weighted by Gasteiger charge is -2.05. The van der Waals surface area contributed by atoms with Crippen molar-refractivity contribution in [1.29, 1.82) is 0 Å². The van der Waals surface area contributed by atoms with E-state index in [2.05, 4.69) is 26.0 Å². The highest BCUT2D eigenvalue weighted by Gasteiger charge is 2.09. The summed E-state index contributed by atoms with van der Waals surface area (Å²) < 4.78 is 26.9. The number of thiophene rings is 1. The van der Waals surface area contributed by atoms with Crippen molar-refractivity contribution in [3.63, 3.8) is 0 Å². The fraction of sp³-hybridized carbons (Fsp3) is 0.600. The molecule has 2 N–H and O–H groups in total. The molecule has 0 aliphatic rings. The first-order valence-corrected chi connectivity index (χ1v) is 8.72. The molecule has 0 fully saturated rings. The normalized spacial score (nSPS) is 11.9. The summed E-state index contributed by atoms with van der Waals surface area (Å²) in [6.45, 7) is 3.99. The molecule has 0 atom stereocenters. The van der Waals surface area contributed by atoms with Gasteiger partial charge >= 0.3 is 0 Å². The van der Waals surface area contributed by atoms with Gasteiger partial charge in [0.1, 0.15) is 0 Å². The predicted octanol–water partition coefficient (Wildman–Crippen LogP) is 1.93. The van der Waals surface area contributed by atoms with E-state index in [-0.39, 0.29) is 5.75 Å². The highest BCUT2D eigenvalue weighted by Crippen LogP contribution is 2.21. The lowest BCUT2D eigenvalue weighted by Crippen LogP contribution is -2.27. The third-order valence-electron chi connectivity index (χ3n) is 2.11. The third-order valence-corrected chi connectivity index (χ3v) is 5.15. The first-order chi connectivity index (χ1) is 8.03. The SMILES string of the molecule is CCNCCCS(=O)(=O)NCc1ccc(Br)s1. The summed E-state index contributed by atoms with van der Waals surface area (Å²) in [6, 6.07) is 3.83. The maximum atomic E-state index is 11.6. The summed E-state index contributed by atoms with van der Waals surface area (Å²) in [5, 5.41) is 3.10. The van der Waals surface area contributed by atoms with Crippen LogP contribution in [0, 0.1) is 0 Å². The second kappa shape index (κ2) is 7.48. The molecule has 0 aromatic carbocycles. The van der Waals surface area contributed by atoms with E-state index >= 15 is 0 Å². The first kappa shape index (κ1) is 15.1. The fourth-order valence-corrected chi connectivity index (χ4v) is 3.82. The van der Waals surface area contributed by atoms with Crippen LogP contribution in [0.15, 0.2) is 15.9 Å². The van der Waals surface area contributed by atoms with Crippen molar-refractivity contribution in [3.05, 3.63) is 20.8 Å². The molecule has 17 heavy (non-hydrogen) atoms. The molecule has 7 heteroatoms. The van der Waals surface area contributed by atoms with Crippen LogP contribution in [0.2, 0.25) is 0 Å². The number of hydrogen-bond acceptors (Lipinski definition) is 4. The van der Waals surface area contributed by atoms with Crippen molar-refractivity contribution >= 4 is 37.3 Å². The van der Waals surface area contributed by atoms with Gasteiger partial charge in [-0.3, -0.25) is 0 Å². The Morgan fingerprint density at radius 2 is 2.18 bits per heavy atom. The average Bonchev–Trinajstić information content (AvgIpc) is 2.68. The van der Waals surface area contributed by atoms with Crippen molar-refractivity contribution in [1.82, 2.24) is 10.0 Å². The predicted molar refractivity (Wildman–Crippen MR) is 75.8 cm³/mol. The Bertz CT molecular complexity index is 431. The summed E-state index contributed by atoms with van der Waals surface area (Å²) in [5.41, 5.74) is 0. The van der Waals surface area contributed by atoms with E-state index in [4.69, 9.17) is 0 Å². The average molecular weight is 341 g/mol. The van der Waals surface area contributed by atoms with Gasteiger partial charge in [-0.25, -0.2) is 13.1 Å². The quantitative estimate of drug-likeness (QED) is 0.711. The molecule has 1 aromatic rings. The minimum Gasteiger partial charge on any atom is -0.317 e. The van der Waals surface area contributed by atoms with Crippen LogP contribution in [-0.2, 0) is 16.6 Å².